The van der Waals surface area contributed by atoms with Crippen molar-refractivity contribution in [1.82, 2.24) is 10.2 Å². The molecule has 0 N–H and O–H groups in total. The Morgan fingerprint density at radius 2 is 2.11 bits per heavy atom. The minimum absolute atomic E-state index is 0.138. The molecule has 1 aromatic heterocycles. The average Bonchev–Trinajstić information content (AvgIpc) is 2.87. The first-order valence-electron chi connectivity index (χ1n) is 5.99. The predicted molar refractivity (Wildman–Crippen MR) is 82.4 cm³/mol. The third-order valence-corrected chi connectivity index (χ3v) is 5.36. The van der Waals surface area contributed by atoms with Gasteiger partial charge in [-0.05, 0) is 31.5 Å². The Kier molecular flexibility index (Phi) is 5.19. The van der Waals surface area contributed by atoms with Gasteiger partial charge in [0.2, 0.25) is 0 Å². The topological polar surface area (TPSA) is 35.0 Å². The number of benzene rings is 1. The smallest absolute Gasteiger partial charge is 0.157 e. The minimum Gasteiger partial charge on any atom is -0.483 e. The molecule has 0 aliphatic rings. The summed E-state index contributed by atoms with van der Waals surface area (Å²) in [6, 6.07) is 7.35. The maximum absolute atomic E-state index is 5.93. The molecule has 102 valence electrons. The van der Waals surface area contributed by atoms with Gasteiger partial charge in [-0.2, -0.15) is 0 Å². The Labute approximate surface area is 130 Å². The van der Waals surface area contributed by atoms with Crippen LogP contribution < -0.4 is 4.74 Å². The van der Waals surface area contributed by atoms with E-state index in [1.165, 1.54) is 0 Å². The van der Waals surface area contributed by atoms with Gasteiger partial charge in [0.25, 0.3) is 0 Å². The molecule has 1 aromatic carbocycles. The van der Waals surface area contributed by atoms with Crippen LogP contribution in [0.3, 0.4) is 0 Å². The van der Waals surface area contributed by atoms with Gasteiger partial charge in [0.1, 0.15) is 16.9 Å². The van der Waals surface area contributed by atoms with Crippen LogP contribution in [0.1, 0.15) is 41.2 Å². The zero-order chi connectivity index (χ0) is 13.8. The second-order valence-corrected chi connectivity index (χ2v) is 6.65. The van der Waals surface area contributed by atoms with Crippen molar-refractivity contribution in [3.8, 4) is 5.75 Å². The fourth-order valence-corrected chi connectivity index (χ4v) is 2.95. The first-order valence-corrected chi connectivity index (χ1v) is 8.10. The molecule has 6 heteroatoms. The van der Waals surface area contributed by atoms with Crippen LogP contribution in [-0.2, 0) is 0 Å². The zero-order valence-electron chi connectivity index (χ0n) is 10.6. The monoisotopic (exact) mass is 360 g/mol. The van der Waals surface area contributed by atoms with Gasteiger partial charge in [0.05, 0.1) is 4.83 Å². The van der Waals surface area contributed by atoms with Gasteiger partial charge in [0, 0.05) is 5.02 Å². The molecule has 3 nitrogen and oxygen atoms in total. The van der Waals surface area contributed by atoms with Crippen molar-refractivity contribution in [3.63, 3.8) is 0 Å². The third-order valence-electron chi connectivity index (χ3n) is 2.54. The van der Waals surface area contributed by atoms with E-state index in [9.17, 15) is 0 Å². The van der Waals surface area contributed by atoms with Crippen LogP contribution in [0.5, 0.6) is 5.75 Å². The highest BCUT2D eigenvalue weighted by Gasteiger charge is 2.17. The third kappa shape index (κ3) is 3.91. The van der Waals surface area contributed by atoms with Crippen LogP contribution in [0.15, 0.2) is 24.3 Å². The number of alkyl halides is 1. The maximum atomic E-state index is 5.93. The van der Waals surface area contributed by atoms with Gasteiger partial charge in [0.15, 0.2) is 5.01 Å². The lowest BCUT2D eigenvalue weighted by atomic mass is 10.3. The fourth-order valence-electron chi connectivity index (χ4n) is 1.51. The summed E-state index contributed by atoms with van der Waals surface area (Å²) < 4.78 is 5.82. The molecule has 0 saturated carbocycles. The predicted octanol–water partition coefficient (Wildman–Crippen LogP) is 5.18. The van der Waals surface area contributed by atoms with Gasteiger partial charge < -0.3 is 4.74 Å². The molecular formula is C13H14BrClN2OS. The molecule has 0 aliphatic heterocycles. The molecule has 19 heavy (non-hydrogen) atoms. The van der Waals surface area contributed by atoms with Gasteiger partial charge in [-0.3, -0.25) is 0 Å². The summed E-state index contributed by atoms with van der Waals surface area (Å²) in [4.78, 5) is 0.261. The van der Waals surface area contributed by atoms with Crippen molar-refractivity contribution in [2.45, 2.75) is 31.2 Å². The Bertz CT molecular complexity index is 549. The SMILES string of the molecule is CCC(Br)c1nnc(C(C)Oc2cccc(Cl)c2)s1. The Hall–Kier alpha value is -0.650. The van der Waals surface area contributed by atoms with Crippen molar-refractivity contribution < 1.29 is 4.74 Å². The number of aromatic nitrogens is 2. The van der Waals surface area contributed by atoms with E-state index in [1.807, 2.05) is 25.1 Å². The molecule has 0 spiro atoms. The van der Waals surface area contributed by atoms with E-state index in [1.54, 1.807) is 17.4 Å². The standard InChI is InChI=1S/C13H14BrClN2OS/c1-3-11(14)13-17-16-12(19-13)8(2)18-10-6-4-5-9(15)7-10/h4-8,11H,3H2,1-2H3. The van der Waals surface area contributed by atoms with E-state index in [4.69, 9.17) is 16.3 Å². The van der Waals surface area contributed by atoms with Gasteiger partial charge >= 0.3 is 0 Å². The molecule has 0 amide bonds. The van der Waals surface area contributed by atoms with E-state index in [0.717, 1.165) is 22.2 Å². The number of hydrogen-bond donors (Lipinski definition) is 0. The van der Waals surface area contributed by atoms with E-state index in [2.05, 4.69) is 33.1 Å². The van der Waals surface area contributed by atoms with Crippen molar-refractivity contribution in [2.75, 3.05) is 0 Å². The Morgan fingerprint density at radius 1 is 1.37 bits per heavy atom. The van der Waals surface area contributed by atoms with Crippen LogP contribution in [-0.4, -0.2) is 10.2 Å². The fraction of sp³-hybridized carbons (Fsp3) is 0.385. The second kappa shape index (κ2) is 6.68. The molecule has 0 fully saturated rings. The van der Waals surface area contributed by atoms with E-state index >= 15 is 0 Å². The summed E-state index contributed by atoms with van der Waals surface area (Å²) in [6.45, 7) is 4.06. The summed E-state index contributed by atoms with van der Waals surface area (Å²) in [6.07, 6.45) is 0.847. The van der Waals surface area contributed by atoms with Crippen LogP contribution in [0.4, 0.5) is 0 Å². The van der Waals surface area contributed by atoms with Crippen molar-refractivity contribution in [1.29, 1.82) is 0 Å². The van der Waals surface area contributed by atoms with Crippen LogP contribution >= 0.6 is 38.9 Å². The molecule has 0 radical (unpaired) electrons. The molecule has 0 saturated heterocycles. The Balaban J connectivity index is 2.07. The summed E-state index contributed by atoms with van der Waals surface area (Å²) >= 11 is 11.1. The summed E-state index contributed by atoms with van der Waals surface area (Å²) in [5.74, 6) is 0.739. The van der Waals surface area contributed by atoms with E-state index in [0.29, 0.717) is 5.02 Å². The molecule has 2 rings (SSSR count). The minimum atomic E-state index is -0.138. The van der Waals surface area contributed by atoms with Crippen LogP contribution in [0.25, 0.3) is 0 Å². The number of nitrogens with zero attached hydrogens (tertiary/aromatic N) is 2. The normalized spacial score (nSPS) is 14.1. The lowest BCUT2D eigenvalue weighted by molar-refractivity contribution is 0.225. The lowest BCUT2D eigenvalue weighted by Crippen LogP contribution is -2.02. The maximum Gasteiger partial charge on any atom is 0.157 e. The number of halogens is 2. The molecule has 2 aromatic rings. The van der Waals surface area contributed by atoms with E-state index < -0.39 is 0 Å². The zero-order valence-corrected chi connectivity index (χ0v) is 13.8. The highest BCUT2D eigenvalue weighted by molar-refractivity contribution is 9.09. The molecule has 0 aliphatic carbocycles. The van der Waals surface area contributed by atoms with Gasteiger partial charge in [-0.1, -0.05) is 51.9 Å². The molecule has 1 heterocycles. The van der Waals surface area contributed by atoms with E-state index in [-0.39, 0.29) is 10.9 Å². The van der Waals surface area contributed by atoms with Crippen LogP contribution in [0.2, 0.25) is 5.02 Å². The lowest BCUT2D eigenvalue weighted by Gasteiger charge is -2.11. The number of rotatable bonds is 5. The second-order valence-electron chi connectivity index (χ2n) is 4.07. The largest absolute Gasteiger partial charge is 0.483 e. The first-order chi connectivity index (χ1) is 9.10. The number of ether oxygens (including phenoxy) is 1. The van der Waals surface area contributed by atoms with Gasteiger partial charge in [-0.15, -0.1) is 10.2 Å². The molecule has 2 unspecified atom stereocenters. The van der Waals surface area contributed by atoms with Crippen molar-refractivity contribution in [2.24, 2.45) is 0 Å². The van der Waals surface area contributed by atoms with Gasteiger partial charge in [-0.25, -0.2) is 0 Å². The quantitative estimate of drug-likeness (QED) is 0.688. The molecule has 0 bridgehead atoms. The number of hydrogen-bond acceptors (Lipinski definition) is 4. The summed E-state index contributed by atoms with van der Waals surface area (Å²) in [5, 5.41) is 10.9. The summed E-state index contributed by atoms with van der Waals surface area (Å²) in [7, 11) is 0. The van der Waals surface area contributed by atoms with Crippen molar-refractivity contribution in [3.05, 3.63) is 39.3 Å². The average molecular weight is 362 g/mol. The summed E-state index contributed by atoms with van der Waals surface area (Å²) in [5.41, 5.74) is 0. The first kappa shape index (κ1) is 14.8. The highest BCUT2D eigenvalue weighted by Crippen LogP contribution is 2.32. The molecular weight excluding hydrogens is 348 g/mol. The molecule has 2 atom stereocenters. The van der Waals surface area contributed by atoms with Crippen molar-refractivity contribution >= 4 is 38.9 Å². The Morgan fingerprint density at radius 3 is 2.79 bits per heavy atom. The highest BCUT2D eigenvalue weighted by atomic mass is 79.9. The van der Waals surface area contributed by atoms with Crippen LogP contribution in [0, 0.1) is 0 Å².